The highest BCUT2D eigenvalue weighted by Gasteiger charge is 2.10. The largest absolute Gasteiger partial charge is 0.292 e. The molecule has 3 rings (SSSR count). The number of hydrogen-bond donors (Lipinski definition) is 2. The predicted octanol–water partition coefficient (Wildman–Crippen LogP) is 0.346. The lowest BCUT2D eigenvalue weighted by Gasteiger charge is -2.05. The van der Waals surface area contributed by atoms with Crippen LogP contribution in [-0.4, -0.2) is 33.9 Å². The van der Waals surface area contributed by atoms with Gasteiger partial charge in [-0.15, -0.1) is 0 Å². The van der Waals surface area contributed by atoms with Crippen molar-refractivity contribution < 1.29 is 0 Å². The van der Waals surface area contributed by atoms with E-state index in [4.69, 9.17) is 5.84 Å². The van der Waals surface area contributed by atoms with E-state index in [1.807, 2.05) is 0 Å². The SMILES string of the molecule is NNc1nc(Sc2ncns2)nc(-n2ccnc2)n1. The van der Waals surface area contributed by atoms with Crippen molar-refractivity contribution in [3.05, 3.63) is 25.0 Å². The van der Waals surface area contributed by atoms with Gasteiger partial charge in [-0.05, 0) is 23.3 Å². The van der Waals surface area contributed by atoms with E-state index in [0.717, 1.165) is 4.34 Å². The normalized spacial score (nSPS) is 10.6. The van der Waals surface area contributed by atoms with Crippen LogP contribution in [0.5, 0.6) is 0 Å². The van der Waals surface area contributed by atoms with Crippen LogP contribution in [-0.2, 0) is 0 Å². The average Bonchev–Trinajstić information content (AvgIpc) is 3.11. The number of imidazole rings is 1. The zero-order valence-corrected chi connectivity index (χ0v) is 11.0. The van der Waals surface area contributed by atoms with Gasteiger partial charge in [0.05, 0.1) is 0 Å². The van der Waals surface area contributed by atoms with Crippen molar-refractivity contribution >= 4 is 29.2 Å². The smallest absolute Gasteiger partial charge is 0.242 e. The molecule has 3 aromatic rings. The van der Waals surface area contributed by atoms with Gasteiger partial charge in [-0.2, -0.15) is 19.3 Å². The Morgan fingerprint density at radius 3 is 2.95 bits per heavy atom. The molecule has 0 spiro atoms. The van der Waals surface area contributed by atoms with E-state index in [2.05, 4.69) is 34.7 Å². The van der Waals surface area contributed by atoms with Crippen LogP contribution in [0, 0.1) is 0 Å². The standard InChI is InChI=1S/C8H7N9S2/c9-16-5-13-6(17-2-1-10-4-17)15-7(14-5)18-8-11-3-12-19-8/h1-4H,9H2,(H,13,14,15,16). The van der Waals surface area contributed by atoms with Crippen LogP contribution < -0.4 is 11.3 Å². The van der Waals surface area contributed by atoms with Gasteiger partial charge in [0.2, 0.25) is 17.1 Å². The van der Waals surface area contributed by atoms with Crippen molar-refractivity contribution in [1.29, 1.82) is 0 Å². The summed E-state index contributed by atoms with van der Waals surface area (Å²) in [6.07, 6.45) is 6.44. The van der Waals surface area contributed by atoms with Gasteiger partial charge in [-0.25, -0.2) is 15.8 Å². The van der Waals surface area contributed by atoms with E-state index < -0.39 is 0 Å². The number of nitrogens with one attached hydrogen (secondary N) is 1. The first-order valence-corrected chi connectivity index (χ1v) is 6.59. The predicted molar refractivity (Wildman–Crippen MR) is 68.8 cm³/mol. The van der Waals surface area contributed by atoms with Crippen molar-refractivity contribution in [2.45, 2.75) is 9.50 Å². The summed E-state index contributed by atoms with van der Waals surface area (Å²) in [5, 5.41) is 0.475. The Labute approximate surface area is 115 Å². The Morgan fingerprint density at radius 2 is 2.26 bits per heavy atom. The number of aromatic nitrogens is 7. The molecule has 0 aliphatic heterocycles. The number of anilines is 1. The first kappa shape index (κ1) is 12.0. The molecule has 0 bridgehead atoms. The molecule has 0 aliphatic carbocycles. The molecular formula is C8H7N9S2. The second-order valence-corrected chi connectivity index (χ2v) is 5.16. The van der Waals surface area contributed by atoms with Crippen molar-refractivity contribution in [3.63, 3.8) is 0 Å². The summed E-state index contributed by atoms with van der Waals surface area (Å²) in [5.74, 6) is 6.04. The second kappa shape index (κ2) is 5.26. The molecule has 3 heterocycles. The molecule has 0 saturated carbocycles. The van der Waals surface area contributed by atoms with Crippen molar-refractivity contribution in [2.24, 2.45) is 5.84 Å². The zero-order chi connectivity index (χ0) is 13.1. The van der Waals surface area contributed by atoms with E-state index in [-0.39, 0.29) is 5.95 Å². The molecule has 0 saturated heterocycles. The summed E-state index contributed by atoms with van der Waals surface area (Å²) >= 11 is 2.55. The van der Waals surface area contributed by atoms with Gasteiger partial charge in [-0.3, -0.25) is 9.99 Å². The van der Waals surface area contributed by atoms with Gasteiger partial charge in [-0.1, -0.05) is 0 Å². The Hall–Kier alpha value is -2.11. The topological polar surface area (TPSA) is 120 Å². The summed E-state index contributed by atoms with van der Waals surface area (Å²) in [5.41, 5.74) is 2.41. The van der Waals surface area contributed by atoms with Crippen molar-refractivity contribution in [3.8, 4) is 5.95 Å². The summed E-state index contributed by atoms with van der Waals surface area (Å²) < 4.78 is 6.32. The van der Waals surface area contributed by atoms with Crippen LogP contribution in [0.2, 0.25) is 0 Å². The minimum Gasteiger partial charge on any atom is -0.292 e. The molecule has 0 atom stereocenters. The van der Waals surface area contributed by atoms with Gasteiger partial charge < -0.3 is 0 Å². The molecule has 11 heteroatoms. The van der Waals surface area contributed by atoms with Crippen molar-refractivity contribution in [2.75, 3.05) is 5.43 Å². The van der Waals surface area contributed by atoms with Crippen LogP contribution in [0.1, 0.15) is 0 Å². The van der Waals surface area contributed by atoms with Crippen LogP contribution >= 0.6 is 23.3 Å². The molecule has 96 valence electrons. The fraction of sp³-hybridized carbons (Fsp3) is 0. The molecule has 3 N–H and O–H groups in total. The molecule has 0 radical (unpaired) electrons. The molecular weight excluding hydrogens is 286 g/mol. The maximum absolute atomic E-state index is 5.35. The van der Waals surface area contributed by atoms with E-state index in [1.54, 1.807) is 23.3 Å². The van der Waals surface area contributed by atoms with E-state index >= 15 is 0 Å². The average molecular weight is 293 g/mol. The third-order valence-corrected chi connectivity index (χ3v) is 3.57. The lowest BCUT2D eigenvalue weighted by molar-refractivity contribution is 0.824. The monoisotopic (exact) mass is 293 g/mol. The highest BCUT2D eigenvalue weighted by atomic mass is 32.2. The number of rotatable bonds is 4. The third kappa shape index (κ3) is 2.67. The number of hydrogen-bond acceptors (Lipinski definition) is 10. The van der Waals surface area contributed by atoms with E-state index in [9.17, 15) is 0 Å². The molecule has 19 heavy (non-hydrogen) atoms. The van der Waals surface area contributed by atoms with E-state index in [0.29, 0.717) is 11.1 Å². The fourth-order valence-electron chi connectivity index (χ4n) is 1.23. The summed E-state index contributed by atoms with van der Waals surface area (Å²) in [4.78, 5) is 20.6. The zero-order valence-electron chi connectivity index (χ0n) is 9.33. The van der Waals surface area contributed by atoms with Crippen molar-refractivity contribution in [1.82, 2.24) is 33.9 Å². The van der Waals surface area contributed by atoms with Gasteiger partial charge in [0.15, 0.2) is 4.34 Å². The minimum atomic E-state index is 0.269. The van der Waals surface area contributed by atoms with E-state index in [1.165, 1.54) is 29.6 Å². The number of nitrogens with two attached hydrogens (primary N) is 1. The van der Waals surface area contributed by atoms with Gasteiger partial charge in [0, 0.05) is 12.4 Å². The quantitative estimate of drug-likeness (QED) is 0.518. The first-order chi connectivity index (χ1) is 9.35. The third-order valence-electron chi connectivity index (χ3n) is 1.99. The van der Waals surface area contributed by atoms with Gasteiger partial charge >= 0.3 is 0 Å². The molecule has 0 fully saturated rings. The van der Waals surface area contributed by atoms with Crippen LogP contribution in [0.3, 0.4) is 0 Å². The highest BCUT2D eigenvalue weighted by Crippen LogP contribution is 2.25. The Balaban J connectivity index is 1.98. The number of nitrogen functional groups attached to an aromatic ring is 1. The molecule has 0 aromatic carbocycles. The lowest BCUT2D eigenvalue weighted by atomic mass is 10.8. The minimum absolute atomic E-state index is 0.269. The Bertz CT molecular complexity index is 651. The molecule has 0 unspecified atom stereocenters. The van der Waals surface area contributed by atoms with Crippen LogP contribution in [0.15, 0.2) is 34.5 Å². The molecule has 9 nitrogen and oxygen atoms in total. The summed E-state index contributed by atoms with van der Waals surface area (Å²) in [6.45, 7) is 0. The Kier molecular flexibility index (Phi) is 3.31. The molecule has 3 aromatic heterocycles. The Morgan fingerprint density at radius 1 is 1.32 bits per heavy atom. The highest BCUT2D eigenvalue weighted by molar-refractivity contribution is 8.00. The van der Waals surface area contributed by atoms with Gasteiger partial charge in [0.25, 0.3) is 0 Å². The summed E-state index contributed by atoms with van der Waals surface area (Å²) in [6, 6.07) is 0. The molecule has 0 aliphatic rings. The number of hydrazine groups is 1. The summed E-state index contributed by atoms with van der Waals surface area (Å²) in [7, 11) is 0. The second-order valence-electron chi connectivity index (χ2n) is 3.17. The lowest BCUT2D eigenvalue weighted by Crippen LogP contribution is -2.13. The van der Waals surface area contributed by atoms with Crippen LogP contribution in [0.25, 0.3) is 5.95 Å². The number of nitrogens with zero attached hydrogens (tertiary/aromatic N) is 7. The maximum Gasteiger partial charge on any atom is 0.242 e. The fourth-order valence-corrected chi connectivity index (χ4v) is 2.53. The maximum atomic E-state index is 5.35. The first-order valence-electron chi connectivity index (χ1n) is 5.01. The van der Waals surface area contributed by atoms with Crippen LogP contribution in [0.4, 0.5) is 5.95 Å². The van der Waals surface area contributed by atoms with Gasteiger partial charge in [0.1, 0.15) is 12.7 Å². The molecule has 0 amide bonds.